The molecule has 0 aliphatic carbocycles. The van der Waals surface area contributed by atoms with Crippen molar-refractivity contribution in [2.45, 2.75) is 44.2 Å². The third-order valence-corrected chi connectivity index (χ3v) is 5.90. The van der Waals surface area contributed by atoms with E-state index in [2.05, 4.69) is 4.90 Å². The highest BCUT2D eigenvalue weighted by molar-refractivity contribution is 5.88. The van der Waals surface area contributed by atoms with Crippen LogP contribution in [0.3, 0.4) is 0 Å². The fourth-order valence-corrected chi connectivity index (χ4v) is 5.25. The Hall–Kier alpha value is -0.870. The number of rotatable bonds is 0. The van der Waals surface area contributed by atoms with E-state index in [-0.39, 0.29) is 16.6 Å². The van der Waals surface area contributed by atoms with Crippen molar-refractivity contribution in [1.82, 2.24) is 4.90 Å². The summed E-state index contributed by atoms with van der Waals surface area (Å²) in [5, 5.41) is 13.1. The van der Waals surface area contributed by atoms with Gasteiger partial charge in [-0.05, 0) is 38.2 Å². The average Bonchev–Trinajstić information content (AvgIpc) is 2.40. The molecule has 4 heteroatoms. The Bertz CT molecular complexity index is 432. The second kappa shape index (κ2) is 4.06. The number of hydrogen-bond acceptors (Lipinski definition) is 2. The highest BCUT2D eigenvalue weighted by Gasteiger charge is 2.54. The summed E-state index contributed by atoms with van der Waals surface area (Å²) in [4.78, 5) is 14.2. The molecule has 0 N–H and O–H groups in total. The first kappa shape index (κ1) is 11.9. The van der Waals surface area contributed by atoms with Crippen LogP contribution in [0.1, 0.15) is 32.1 Å². The number of fused-ring (bicyclic) bond motifs is 2. The van der Waals surface area contributed by atoms with Gasteiger partial charge in [-0.25, -0.2) is 0 Å². The molecule has 0 saturated carbocycles. The van der Waals surface area contributed by atoms with Crippen molar-refractivity contribution in [3.05, 3.63) is 17.4 Å². The molecule has 4 rings (SSSR count). The normalized spacial score (nSPS) is 48.7. The number of hydroxylamine groups is 3. The van der Waals surface area contributed by atoms with Gasteiger partial charge >= 0.3 is 0 Å². The van der Waals surface area contributed by atoms with Crippen LogP contribution in [0.25, 0.3) is 0 Å². The molecule has 104 valence electrons. The lowest BCUT2D eigenvalue weighted by Gasteiger charge is -2.64. The number of carbonyl (C=O) groups is 1. The molecule has 0 bridgehead atoms. The van der Waals surface area contributed by atoms with E-state index in [0.29, 0.717) is 17.9 Å². The smallest absolute Gasteiger partial charge is 0.246 e. The molecule has 0 aromatic carbocycles. The average molecular weight is 262 g/mol. The summed E-state index contributed by atoms with van der Waals surface area (Å²) in [6.45, 7) is 2.46. The van der Waals surface area contributed by atoms with Gasteiger partial charge in [-0.15, -0.1) is 0 Å². The number of hydrogen-bond donors (Lipinski definition) is 0. The fourth-order valence-electron chi connectivity index (χ4n) is 5.25. The Morgan fingerprint density at radius 1 is 1.26 bits per heavy atom. The van der Waals surface area contributed by atoms with Crippen molar-refractivity contribution >= 4 is 5.91 Å². The molecule has 19 heavy (non-hydrogen) atoms. The Balaban J connectivity index is 1.72. The van der Waals surface area contributed by atoms with Crippen LogP contribution in [0.15, 0.2) is 12.2 Å². The summed E-state index contributed by atoms with van der Waals surface area (Å²) in [6.07, 6.45) is 9.07. The van der Waals surface area contributed by atoms with E-state index in [0.717, 1.165) is 51.7 Å². The monoisotopic (exact) mass is 262 g/mol. The molecule has 4 aliphatic heterocycles. The first-order chi connectivity index (χ1) is 9.19. The van der Waals surface area contributed by atoms with E-state index >= 15 is 0 Å². The molecule has 5 atom stereocenters. The zero-order valence-corrected chi connectivity index (χ0v) is 11.3. The molecule has 3 saturated heterocycles. The summed E-state index contributed by atoms with van der Waals surface area (Å²) in [6, 6.07) is 0.589. The minimum absolute atomic E-state index is 0.0532. The number of carbonyl (C=O) groups excluding carboxylic acids is 1. The van der Waals surface area contributed by atoms with E-state index in [4.69, 9.17) is 0 Å². The molecule has 4 nitrogen and oxygen atoms in total. The van der Waals surface area contributed by atoms with Crippen molar-refractivity contribution in [3.63, 3.8) is 0 Å². The van der Waals surface area contributed by atoms with E-state index in [1.807, 2.05) is 6.08 Å². The van der Waals surface area contributed by atoms with Crippen LogP contribution in [0, 0.1) is 17.0 Å². The molecule has 1 amide bonds. The maximum atomic E-state index is 13.1. The van der Waals surface area contributed by atoms with Gasteiger partial charge in [0.25, 0.3) is 0 Å². The Morgan fingerprint density at radius 2 is 2.05 bits per heavy atom. The molecule has 0 unspecified atom stereocenters. The minimum Gasteiger partial charge on any atom is -0.633 e. The van der Waals surface area contributed by atoms with Gasteiger partial charge in [0, 0.05) is 24.4 Å². The number of nitrogens with zero attached hydrogens (tertiary/aromatic N) is 2. The fraction of sp³-hybridized carbons (Fsp3) is 0.800. The van der Waals surface area contributed by atoms with Crippen LogP contribution >= 0.6 is 0 Å². The molecule has 4 aliphatic rings. The third kappa shape index (κ3) is 1.62. The lowest BCUT2D eigenvalue weighted by molar-refractivity contribution is -0.925. The van der Waals surface area contributed by atoms with Gasteiger partial charge < -0.3 is 14.8 Å². The lowest BCUT2D eigenvalue weighted by Crippen LogP contribution is -2.71. The first-order valence-corrected chi connectivity index (χ1v) is 7.74. The zero-order chi connectivity index (χ0) is 13.0. The van der Waals surface area contributed by atoms with Crippen LogP contribution in [0.5, 0.6) is 0 Å². The SMILES string of the molecule is O=C1C=CC[C@@H]2[C@H]3CCC[N@@+]4([O-])CCC[C@@H](CN12)[C@@H]34. The summed E-state index contributed by atoms with van der Waals surface area (Å²) in [5.41, 5.74) is 0. The van der Waals surface area contributed by atoms with Crippen LogP contribution < -0.4 is 0 Å². The minimum atomic E-state index is 0.0532. The topological polar surface area (TPSA) is 43.4 Å². The number of piperidine rings is 3. The standard InChI is InChI=1S/C15H22N2O2/c18-14-7-1-6-13-12-5-3-9-17(19)8-2-4-11(15(12)17)10-16(13)14/h1,7,11-13,15H,2-6,8-10H2/t11-,12+,13+,15-,17-/m0/s1. The predicted molar refractivity (Wildman–Crippen MR) is 71.9 cm³/mol. The van der Waals surface area contributed by atoms with Crippen molar-refractivity contribution in [1.29, 1.82) is 0 Å². The van der Waals surface area contributed by atoms with Gasteiger partial charge in [-0.3, -0.25) is 4.79 Å². The molecular formula is C15H22N2O2. The second-order valence-corrected chi connectivity index (χ2v) is 6.79. The molecule has 4 heterocycles. The molecule has 0 spiro atoms. The summed E-state index contributed by atoms with van der Waals surface area (Å²) in [7, 11) is 0. The van der Waals surface area contributed by atoms with Crippen LogP contribution in [0.4, 0.5) is 0 Å². The summed E-state index contributed by atoms with van der Waals surface area (Å²) < 4.78 is 0.0532. The van der Waals surface area contributed by atoms with E-state index in [1.165, 1.54) is 0 Å². The Morgan fingerprint density at radius 3 is 2.89 bits per heavy atom. The molecule has 3 fully saturated rings. The van der Waals surface area contributed by atoms with Crippen molar-refractivity contribution in [3.8, 4) is 0 Å². The van der Waals surface area contributed by atoms with Gasteiger partial charge in [0.15, 0.2) is 0 Å². The third-order valence-electron chi connectivity index (χ3n) is 5.90. The summed E-state index contributed by atoms with van der Waals surface area (Å²) in [5.74, 6) is 1.07. The largest absolute Gasteiger partial charge is 0.633 e. The maximum Gasteiger partial charge on any atom is 0.246 e. The van der Waals surface area contributed by atoms with Crippen LogP contribution in [-0.2, 0) is 4.79 Å². The van der Waals surface area contributed by atoms with Gasteiger partial charge in [-0.2, -0.15) is 0 Å². The van der Waals surface area contributed by atoms with E-state index in [9.17, 15) is 10.0 Å². The first-order valence-electron chi connectivity index (χ1n) is 7.74. The molecular weight excluding hydrogens is 240 g/mol. The van der Waals surface area contributed by atoms with Crippen LogP contribution in [0.2, 0.25) is 0 Å². The van der Waals surface area contributed by atoms with Gasteiger partial charge in [0.05, 0.1) is 19.1 Å². The quantitative estimate of drug-likeness (QED) is 0.492. The maximum absolute atomic E-state index is 13.1. The Labute approximate surface area is 114 Å². The highest BCUT2D eigenvalue weighted by atomic mass is 16.5. The molecule has 0 aromatic heterocycles. The molecule has 0 radical (unpaired) electrons. The van der Waals surface area contributed by atoms with Crippen molar-refractivity contribution in [2.75, 3.05) is 19.6 Å². The number of amides is 1. The summed E-state index contributed by atoms with van der Waals surface area (Å²) >= 11 is 0. The van der Waals surface area contributed by atoms with E-state index in [1.54, 1.807) is 6.08 Å². The van der Waals surface area contributed by atoms with Gasteiger partial charge in [-0.1, -0.05) is 6.08 Å². The number of quaternary nitrogens is 1. The van der Waals surface area contributed by atoms with Crippen molar-refractivity contribution in [2.24, 2.45) is 11.8 Å². The van der Waals surface area contributed by atoms with Gasteiger partial charge in [0.1, 0.15) is 0 Å². The highest BCUT2D eigenvalue weighted by Crippen LogP contribution is 2.47. The zero-order valence-electron chi connectivity index (χ0n) is 11.3. The Kier molecular flexibility index (Phi) is 2.55. The van der Waals surface area contributed by atoms with E-state index < -0.39 is 0 Å². The molecule has 0 aromatic rings. The second-order valence-electron chi connectivity index (χ2n) is 6.79. The lowest BCUT2D eigenvalue weighted by atomic mass is 9.68. The van der Waals surface area contributed by atoms with Crippen molar-refractivity contribution < 1.29 is 9.44 Å². The van der Waals surface area contributed by atoms with Gasteiger partial charge in [0.2, 0.25) is 5.91 Å². The van der Waals surface area contributed by atoms with Crippen LogP contribution in [-0.4, -0.2) is 47.2 Å². The predicted octanol–water partition coefficient (Wildman–Crippen LogP) is 1.66.